The van der Waals surface area contributed by atoms with Gasteiger partial charge in [-0.2, -0.15) is 0 Å². The second kappa shape index (κ2) is 7.47. The Hall–Kier alpha value is -1.78. The molecule has 0 saturated carbocycles. The summed E-state index contributed by atoms with van der Waals surface area (Å²) >= 11 is 5.78. The minimum absolute atomic E-state index is 0.0872. The summed E-state index contributed by atoms with van der Waals surface area (Å²) in [6.45, 7) is 0. The molecule has 0 fully saturated rings. The van der Waals surface area contributed by atoms with Gasteiger partial charge in [0, 0.05) is 5.88 Å². The molecule has 22 heavy (non-hydrogen) atoms. The molecule has 0 amide bonds. The second-order valence-electron chi connectivity index (χ2n) is 4.68. The molecule has 0 bridgehead atoms. The lowest BCUT2D eigenvalue weighted by atomic mass is 10.1. The number of hydrogen-bond acceptors (Lipinski definition) is 3. The van der Waals surface area contributed by atoms with Crippen LogP contribution in [0.1, 0.15) is 5.56 Å². The predicted octanol–water partition coefficient (Wildman–Crippen LogP) is 3.79. The van der Waals surface area contributed by atoms with Crippen molar-refractivity contribution in [1.29, 1.82) is 0 Å². The zero-order chi connectivity index (χ0) is 16.0. The van der Waals surface area contributed by atoms with Gasteiger partial charge in [-0.15, -0.1) is 11.6 Å². The molecule has 0 atom stereocenters. The van der Waals surface area contributed by atoms with Gasteiger partial charge in [-0.25, -0.2) is 8.42 Å². The maximum Gasteiger partial charge on any atom is 0.182 e. The van der Waals surface area contributed by atoms with Crippen molar-refractivity contribution in [2.24, 2.45) is 0 Å². The van der Waals surface area contributed by atoms with Gasteiger partial charge in [0.15, 0.2) is 9.84 Å². The Morgan fingerprint density at radius 1 is 1.09 bits per heavy atom. The summed E-state index contributed by atoms with van der Waals surface area (Å²) in [6, 6.07) is 15.7. The van der Waals surface area contributed by atoms with Gasteiger partial charge in [0.1, 0.15) is 5.75 Å². The maximum atomic E-state index is 12.5. The SMILES string of the molecule is COc1ccc(/C(=C/CCl)CS(=O)(=O)c2ccccc2)cc1. The first-order valence-corrected chi connectivity index (χ1v) is 8.93. The van der Waals surface area contributed by atoms with Gasteiger partial charge < -0.3 is 4.74 Å². The van der Waals surface area contributed by atoms with Crippen molar-refractivity contribution in [1.82, 2.24) is 0 Å². The van der Waals surface area contributed by atoms with Crippen molar-refractivity contribution in [2.75, 3.05) is 18.7 Å². The third kappa shape index (κ3) is 4.12. The van der Waals surface area contributed by atoms with Crippen molar-refractivity contribution >= 4 is 27.0 Å². The molecule has 3 nitrogen and oxygen atoms in total. The van der Waals surface area contributed by atoms with Gasteiger partial charge in [-0.05, 0) is 35.4 Å². The Morgan fingerprint density at radius 3 is 2.27 bits per heavy atom. The van der Waals surface area contributed by atoms with Gasteiger partial charge in [-0.3, -0.25) is 0 Å². The first kappa shape index (κ1) is 16.6. The molecule has 0 unspecified atom stereocenters. The average molecular weight is 337 g/mol. The highest BCUT2D eigenvalue weighted by molar-refractivity contribution is 7.91. The smallest absolute Gasteiger partial charge is 0.182 e. The highest BCUT2D eigenvalue weighted by atomic mass is 35.5. The number of allylic oxidation sites excluding steroid dienone is 1. The molecule has 0 aliphatic carbocycles. The minimum Gasteiger partial charge on any atom is -0.497 e. The van der Waals surface area contributed by atoms with Crippen LogP contribution in [0.25, 0.3) is 5.57 Å². The predicted molar refractivity (Wildman–Crippen MR) is 90.2 cm³/mol. The van der Waals surface area contributed by atoms with E-state index in [-0.39, 0.29) is 11.6 Å². The monoisotopic (exact) mass is 336 g/mol. The van der Waals surface area contributed by atoms with Crippen molar-refractivity contribution in [3.05, 3.63) is 66.2 Å². The number of rotatable bonds is 6. The zero-order valence-corrected chi connectivity index (χ0v) is 13.8. The van der Waals surface area contributed by atoms with Crippen LogP contribution in [0.3, 0.4) is 0 Å². The molecule has 116 valence electrons. The third-order valence-corrected chi connectivity index (χ3v) is 5.07. The fraction of sp³-hybridized carbons (Fsp3) is 0.176. The van der Waals surface area contributed by atoms with Gasteiger partial charge >= 0.3 is 0 Å². The molecule has 0 spiro atoms. The summed E-state index contributed by atoms with van der Waals surface area (Å²) in [4.78, 5) is 0.309. The summed E-state index contributed by atoms with van der Waals surface area (Å²) in [6.07, 6.45) is 1.73. The lowest BCUT2D eigenvalue weighted by Crippen LogP contribution is -2.09. The standard InChI is InChI=1S/C17H17ClO3S/c1-21-16-9-7-14(8-10-16)15(11-12-18)13-22(19,20)17-5-3-2-4-6-17/h2-11H,12-13H2,1H3/b15-11+. The fourth-order valence-corrected chi connectivity index (χ4v) is 3.69. The van der Waals surface area contributed by atoms with E-state index in [1.165, 1.54) is 0 Å². The summed E-state index contributed by atoms with van der Waals surface area (Å²) in [5.41, 5.74) is 1.50. The fourth-order valence-electron chi connectivity index (χ4n) is 2.07. The maximum absolute atomic E-state index is 12.5. The van der Waals surface area contributed by atoms with Gasteiger partial charge in [-0.1, -0.05) is 36.4 Å². The van der Waals surface area contributed by atoms with E-state index in [1.807, 2.05) is 12.1 Å². The molecular formula is C17H17ClO3S. The summed E-state index contributed by atoms with van der Waals surface area (Å²) in [7, 11) is -1.82. The molecule has 0 saturated heterocycles. The Labute approximate surface area is 136 Å². The molecule has 0 N–H and O–H groups in total. The Bertz CT molecular complexity index is 735. The first-order valence-electron chi connectivity index (χ1n) is 6.74. The van der Waals surface area contributed by atoms with Crippen molar-refractivity contribution in [2.45, 2.75) is 4.90 Å². The van der Waals surface area contributed by atoms with Crippen LogP contribution >= 0.6 is 11.6 Å². The van der Waals surface area contributed by atoms with Crippen molar-refractivity contribution < 1.29 is 13.2 Å². The molecule has 0 aromatic heterocycles. The minimum atomic E-state index is -3.40. The Balaban J connectivity index is 2.31. The number of methoxy groups -OCH3 is 1. The largest absolute Gasteiger partial charge is 0.497 e. The van der Waals surface area contributed by atoms with E-state index in [4.69, 9.17) is 16.3 Å². The summed E-state index contributed by atoms with van der Waals surface area (Å²) in [5.74, 6) is 0.891. The van der Waals surface area contributed by atoms with Crippen molar-refractivity contribution in [3.8, 4) is 5.75 Å². The molecule has 2 rings (SSSR count). The van der Waals surface area contributed by atoms with E-state index in [1.54, 1.807) is 55.7 Å². The van der Waals surface area contributed by atoms with Crippen LogP contribution in [0.5, 0.6) is 5.75 Å². The number of alkyl halides is 1. The number of hydrogen-bond donors (Lipinski definition) is 0. The van der Waals surface area contributed by atoms with Crippen LogP contribution in [0.2, 0.25) is 0 Å². The van der Waals surface area contributed by atoms with E-state index >= 15 is 0 Å². The second-order valence-corrected chi connectivity index (χ2v) is 6.98. The normalized spacial score (nSPS) is 12.2. The Kier molecular flexibility index (Phi) is 5.63. The molecular weight excluding hydrogens is 320 g/mol. The van der Waals surface area contributed by atoms with Crippen LogP contribution in [-0.2, 0) is 9.84 Å². The van der Waals surface area contributed by atoms with E-state index < -0.39 is 9.84 Å². The highest BCUT2D eigenvalue weighted by Gasteiger charge is 2.17. The molecule has 0 aliphatic heterocycles. The number of halogens is 1. The van der Waals surface area contributed by atoms with Crippen LogP contribution in [-0.4, -0.2) is 27.2 Å². The third-order valence-electron chi connectivity index (χ3n) is 3.23. The van der Waals surface area contributed by atoms with Crippen LogP contribution in [0, 0.1) is 0 Å². The lowest BCUT2D eigenvalue weighted by Gasteiger charge is -2.10. The van der Waals surface area contributed by atoms with Gasteiger partial charge in [0.2, 0.25) is 0 Å². The molecule has 5 heteroatoms. The number of ether oxygens (including phenoxy) is 1. The van der Waals surface area contributed by atoms with Crippen molar-refractivity contribution in [3.63, 3.8) is 0 Å². The molecule has 2 aromatic carbocycles. The zero-order valence-electron chi connectivity index (χ0n) is 12.2. The highest BCUT2D eigenvalue weighted by Crippen LogP contribution is 2.23. The summed E-state index contributed by atoms with van der Waals surface area (Å²) < 4.78 is 30.1. The topological polar surface area (TPSA) is 43.4 Å². The van der Waals surface area contributed by atoms with Gasteiger partial charge in [0.05, 0.1) is 17.8 Å². The molecule has 2 aromatic rings. The van der Waals surface area contributed by atoms with E-state index in [9.17, 15) is 8.42 Å². The quantitative estimate of drug-likeness (QED) is 0.754. The molecule has 0 aliphatic rings. The van der Waals surface area contributed by atoms with Crippen LogP contribution in [0.4, 0.5) is 0 Å². The van der Waals surface area contributed by atoms with E-state index in [0.717, 1.165) is 11.3 Å². The lowest BCUT2D eigenvalue weighted by molar-refractivity contribution is 0.415. The van der Waals surface area contributed by atoms with Gasteiger partial charge in [0.25, 0.3) is 0 Å². The summed E-state index contributed by atoms with van der Waals surface area (Å²) in [5, 5.41) is 0. The van der Waals surface area contributed by atoms with E-state index in [2.05, 4.69) is 0 Å². The number of sulfone groups is 1. The molecule has 0 radical (unpaired) electrons. The Morgan fingerprint density at radius 2 is 1.73 bits per heavy atom. The number of benzene rings is 2. The van der Waals surface area contributed by atoms with Crippen LogP contribution < -0.4 is 4.74 Å². The molecule has 0 heterocycles. The van der Waals surface area contributed by atoms with Crippen LogP contribution in [0.15, 0.2) is 65.6 Å². The van der Waals surface area contributed by atoms with E-state index in [0.29, 0.717) is 10.5 Å². The average Bonchev–Trinajstić information content (AvgIpc) is 2.55. The first-order chi connectivity index (χ1) is 10.6.